The number of halogens is 10. The fourth-order valence-corrected chi connectivity index (χ4v) is 10.4. The van der Waals surface area contributed by atoms with Crippen molar-refractivity contribution >= 4 is 53.4 Å². The molecule has 11 rings (SSSR count). The van der Waals surface area contributed by atoms with Gasteiger partial charge in [-0.15, -0.1) is 11.3 Å². The second-order valence-electron chi connectivity index (χ2n) is 19.8. The Labute approximate surface area is 431 Å². The molecule has 2 aliphatic carbocycles. The first-order valence-corrected chi connectivity index (χ1v) is 25.1. The molecule has 0 amide bonds. The van der Waals surface area contributed by atoms with Crippen LogP contribution in [0.5, 0.6) is 0 Å². The van der Waals surface area contributed by atoms with Gasteiger partial charge in [-0.1, -0.05) is 139 Å². The number of fused-ring (bicyclic) bond motifs is 7. The summed E-state index contributed by atoms with van der Waals surface area (Å²) >= 11 is 1.19. The van der Waals surface area contributed by atoms with Crippen molar-refractivity contribution in [3.63, 3.8) is 0 Å². The van der Waals surface area contributed by atoms with Gasteiger partial charge in [0.1, 0.15) is 23.3 Å². The predicted molar refractivity (Wildman–Crippen MR) is 284 cm³/mol. The van der Waals surface area contributed by atoms with Crippen molar-refractivity contribution < 1.29 is 48.3 Å². The molecule has 7 aromatic carbocycles. The predicted octanol–water partition coefficient (Wildman–Crippen LogP) is 20.7. The summed E-state index contributed by atoms with van der Waals surface area (Å²) in [6, 6.07) is 24.5. The second-order valence-corrected chi connectivity index (χ2v) is 20.9. The number of alkyl halides is 2. The van der Waals surface area contributed by atoms with Crippen molar-refractivity contribution in [3.8, 4) is 11.1 Å². The van der Waals surface area contributed by atoms with Gasteiger partial charge in [0.2, 0.25) is 0 Å². The standard InChI is InChI=1S/C14H11F3.C14H10F2O.C14H10F2S.C11H11F3.C8H16.CH4/c1-8-3-5-10(7-12(8)15)11-6-4-9(2)13(16)14(11)17;2*1-7-3-5-9-10-6-4-8(2)12(16)14(10)17-13(9)11(7)15;1-6-3-4-8-5-7(2)11(13,14)9(8)10(6)12;1-7-3-5-8(2)6-4-7;/h3-7H,1-2H3;2*3-6H,1-2H3;3-4,7H,5H2,1-2H3;7-8H,3-6H2,1-2H3;1H4. The lowest BCUT2D eigenvalue weighted by Crippen LogP contribution is -2.19. The highest BCUT2D eigenvalue weighted by molar-refractivity contribution is 7.25. The van der Waals surface area contributed by atoms with Crippen LogP contribution in [-0.4, -0.2) is 0 Å². The Morgan fingerprint density at radius 1 is 0.446 bits per heavy atom. The highest BCUT2D eigenvalue weighted by atomic mass is 32.1. The van der Waals surface area contributed by atoms with Crippen molar-refractivity contribution in [1.29, 1.82) is 0 Å². The second kappa shape index (κ2) is 23.2. The normalized spacial score (nSPS) is 16.5. The third kappa shape index (κ3) is 11.6. The summed E-state index contributed by atoms with van der Waals surface area (Å²) in [6.45, 7) is 17.6. The molecule has 2 aliphatic rings. The minimum atomic E-state index is -3.01. The first kappa shape index (κ1) is 57.1. The molecule has 0 radical (unpaired) electrons. The van der Waals surface area contributed by atoms with Crippen LogP contribution >= 0.6 is 11.3 Å². The third-order valence-corrected chi connectivity index (χ3v) is 15.3. The molecule has 0 N–H and O–H groups in total. The lowest BCUT2D eigenvalue weighted by Gasteiger charge is -2.22. The molecule has 2 aromatic heterocycles. The zero-order chi connectivity index (χ0) is 53.4. The van der Waals surface area contributed by atoms with E-state index in [0.717, 1.165) is 22.6 Å². The summed E-state index contributed by atoms with van der Waals surface area (Å²) in [6.07, 6.45) is 6.16. The van der Waals surface area contributed by atoms with Crippen LogP contribution in [0.15, 0.2) is 95.4 Å². The van der Waals surface area contributed by atoms with Crippen LogP contribution in [0.3, 0.4) is 0 Å². The van der Waals surface area contributed by atoms with E-state index in [1.54, 1.807) is 95.3 Å². The topological polar surface area (TPSA) is 13.1 Å². The van der Waals surface area contributed by atoms with E-state index < -0.39 is 46.7 Å². The fourth-order valence-electron chi connectivity index (χ4n) is 9.08. The molecule has 12 heteroatoms. The van der Waals surface area contributed by atoms with E-state index >= 15 is 0 Å². The van der Waals surface area contributed by atoms with Crippen molar-refractivity contribution in [2.45, 2.75) is 115 Å². The maximum atomic E-state index is 14.0. The summed E-state index contributed by atoms with van der Waals surface area (Å²) in [5.74, 6) is -6.07. The van der Waals surface area contributed by atoms with E-state index in [-0.39, 0.29) is 58.9 Å². The molecule has 392 valence electrons. The zero-order valence-electron chi connectivity index (χ0n) is 42.5. The van der Waals surface area contributed by atoms with Crippen molar-refractivity contribution in [3.05, 3.63) is 188 Å². The van der Waals surface area contributed by atoms with E-state index in [1.807, 2.05) is 12.1 Å². The molecule has 0 spiro atoms. The fraction of sp³-hybridized carbons (Fsp3) is 0.323. The van der Waals surface area contributed by atoms with Gasteiger partial charge in [0.25, 0.3) is 5.92 Å². The first-order valence-electron chi connectivity index (χ1n) is 24.3. The van der Waals surface area contributed by atoms with E-state index in [9.17, 15) is 43.9 Å². The average Bonchev–Trinajstić information content (AvgIpc) is 4.01. The summed E-state index contributed by atoms with van der Waals surface area (Å²) in [5.41, 5.74) is 3.92. The number of rotatable bonds is 1. The first-order chi connectivity index (χ1) is 34.4. The Morgan fingerprint density at radius 3 is 1.31 bits per heavy atom. The summed E-state index contributed by atoms with van der Waals surface area (Å²) < 4.78 is 143. The molecule has 1 nitrogen and oxygen atoms in total. The number of thiophene rings is 1. The Balaban J connectivity index is 0.000000153. The molecule has 0 saturated heterocycles. The smallest absolute Gasteiger partial charge is 0.279 e. The van der Waals surface area contributed by atoms with Gasteiger partial charge < -0.3 is 4.42 Å². The molecule has 1 atom stereocenters. The van der Waals surface area contributed by atoms with Gasteiger partial charge in [-0.05, 0) is 123 Å². The monoisotopic (exact) mass is 1040 g/mol. The molecular formula is C62H62F10OS. The molecule has 0 aliphatic heterocycles. The summed E-state index contributed by atoms with van der Waals surface area (Å²) in [4.78, 5) is 0. The van der Waals surface area contributed by atoms with Crippen molar-refractivity contribution in [2.75, 3.05) is 0 Å². The quantitative estimate of drug-likeness (QED) is 0.149. The van der Waals surface area contributed by atoms with Crippen LogP contribution < -0.4 is 0 Å². The molecule has 2 heterocycles. The molecule has 9 aromatic rings. The molecule has 1 unspecified atom stereocenters. The van der Waals surface area contributed by atoms with Gasteiger partial charge in [0, 0.05) is 33.0 Å². The Bertz CT molecular complexity index is 3220. The molecule has 74 heavy (non-hydrogen) atoms. The highest BCUT2D eigenvalue weighted by Gasteiger charge is 2.48. The molecule has 0 bridgehead atoms. The lowest BCUT2D eigenvalue weighted by atomic mass is 9.84. The van der Waals surface area contributed by atoms with Crippen LogP contribution in [0, 0.1) is 113 Å². The molecular weight excluding hydrogens is 983 g/mol. The SMILES string of the molecule is C.CC1CCC(C)CC1.Cc1ccc(-c2ccc(C)c(F)c2F)cc1F.Cc1ccc2c(c1F)C(F)(F)C(C)C2.Cc1ccc2c(oc3c(F)c(C)ccc32)c1F.Cc1ccc2c(sc3c(F)c(C)ccc32)c1F. The van der Waals surface area contributed by atoms with Gasteiger partial charge in [-0.25, -0.2) is 43.9 Å². The van der Waals surface area contributed by atoms with Gasteiger partial charge in [0.05, 0.1) is 15.0 Å². The van der Waals surface area contributed by atoms with Gasteiger partial charge >= 0.3 is 0 Å². The maximum Gasteiger partial charge on any atom is 0.279 e. The molecule has 1 saturated carbocycles. The van der Waals surface area contributed by atoms with Crippen LogP contribution in [0.4, 0.5) is 43.9 Å². The minimum absolute atomic E-state index is 0. The number of aryl methyl sites for hydroxylation is 7. The minimum Gasteiger partial charge on any atom is -0.450 e. The van der Waals surface area contributed by atoms with E-state index in [4.69, 9.17) is 4.42 Å². The number of furan rings is 1. The van der Waals surface area contributed by atoms with Crippen LogP contribution in [0.1, 0.15) is 104 Å². The van der Waals surface area contributed by atoms with Crippen LogP contribution in [0.2, 0.25) is 0 Å². The largest absolute Gasteiger partial charge is 0.450 e. The van der Waals surface area contributed by atoms with Gasteiger partial charge in [-0.3, -0.25) is 0 Å². The number of hydrogen-bond donors (Lipinski definition) is 0. The lowest BCUT2D eigenvalue weighted by molar-refractivity contribution is -0.0478. The molecule has 1 fully saturated rings. The Hall–Kier alpha value is -6.14. The van der Waals surface area contributed by atoms with E-state index in [2.05, 4.69) is 13.8 Å². The summed E-state index contributed by atoms with van der Waals surface area (Å²) in [5, 5.41) is 2.82. The van der Waals surface area contributed by atoms with Crippen LogP contribution in [-0.2, 0) is 12.3 Å². The number of benzene rings is 7. The zero-order valence-corrected chi connectivity index (χ0v) is 43.3. The van der Waals surface area contributed by atoms with Crippen molar-refractivity contribution in [1.82, 2.24) is 0 Å². The van der Waals surface area contributed by atoms with Crippen LogP contribution in [0.25, 0.3) is 53.2 Å². The highest BCUT2D eigenvalue weighted by Crippen LogP contribution is 2.47. The average molecular weight is 1050 g/mol. The summed E-state index contributed by atoms with van der Waals surface area (Å²) in [7, 11) is 0. The van der Waals surface area contributed by atoms with E-state index in [0.29, 0.717) is 59.1 Å². The Morgan fingerprint density at radius 2 is 0.838 bits per heavy atom. The van der Waals surface area contributed by atoms with Gasteiger partial charge in [0.15, 0.2) is 34.4 Å². The third-order valence-electron chi connectivity index (χ3n) is 14.1. The van der Waals surface area contributed by atoms with Crippen molar-refractivity contribution in [2.24, 2.45) is 17.8 Å². The Kier molecular flexibility index (Phi) is 17.9. The van der Waals surface area contributed by atoms with E-state index in [1.165, 1.54) is 76.0 Å². The number of hydrogen-bond acceptors (Lipinski definition) is 2. The maximum absolute atomic E-state index is 14.0. The van der Waals surface area contributed by atoms with Gasteiger partial charge in [-0.2, -0.15) is 0 Å².